The highest BCUT2D eigenvalue weighted by Gasteiger charge is 2.07. The Labute approximate surface area is 97.2 Å². The van der Waals surface area contributed by atoms with Crippen LogP contribution in [0.25, 0.3) is 0 Å². The van der Waals surface area contributed by atoms with Crippen molar-refractivity contribution in [2.75, 3.05) is 0 Å². The van der Waals surface area contributed by atoms with Gasteiger partial charge in [-0.25, -0.2) is 0 Å². The van der Waals surface area contributed by atoms with Crippen LogP contribution in [0.5, 0.6) is 0 Å². The molecule has 0 saturated heterocycles. The van der Waals surface area contributed by atoms with Crippen molar-refractivity contribution in [2.45, 2.75) is 38.1 Å². The molecule has 5 heteroatoms. The minimum Gasteiger partial charge on any atom is -0.328 e. The molecule has 4 nitrogen and oxygen atoms in total. The second kappa shape index (κ2) is 6.62. The van der Waals surface area contributed by atoms with Crippen molar-refractivity contribution in [1.82, 2.24) is 0 Å². The second-order valence-corrected chi connectivity index (χ2v) is 5.14. The second-order valence-electron chi connectivity index (χ2n) is 3.72. The third kappa shape index (κ3) is 6.55. The summed E-state index contributed by atoms with van der Waals surface area (Å²) in [7, 11) is -4.03. The summed E-state index contributed by atoms with van der Waals surface area (Å²) in [4.78, 5) is -0.0558. The summed E-state index contributed by atoms with van der Waals surface area (Å²) in [6.45, 7) is 5.86. The van der Waals surface area contributed by atoms with Crippen LogP contribution in [0.15, 0.2) is 29.2 Å². The third-order valence-corrected chi connectivity index (χ3v) is 2.50. The van der Waals surface area contributed by atoms with Crippen LogP contribution in [0.2, 0.25) is 0 Å². The quantitative estimate of drug-likeness (QED) is 0.779. The molecule has 0 bridgehead atoms. The Hall–Kier alpha value is -0.910. The lowest BCUT2D eigenvalue weighted by molar-refractivity contribution is 0.483. The Morgan fingerprint density at radius 1 is 1.25 bits per heavy atom. The van der Waals surface area contributed by atoms with Crippen molar-refractivity contribution in [1.29, 1.82) is 0 Å². The molecule has 0 aliphatic rings. The molecule has 0 spiro atoms. The number of aryl methyl sites for hydroxylation is 1. The van der Waals surface area contributed by atoms with E-state index in [4.69, 9.17) is 10.3 Å². The molecule has 0 heterocycles. The highest BCUT2D eigenvalue weighted by molar-refractivity contribution is 7.85. The van der Waals surface area contributed by atoms with Crippen LogP contribution < -0.4 is 5.73 Å². The van der Waals surface area contributed by atoms with Gasteiger partial charge in [-0.2, -0.15) is 8.42 Å². The largest absolute Gasteiger partial charge is 0.328 e. The topological polar surface area (TPSA) is 80.4 Å². The fourth-order valence-electron chi connectivity index (χ4n) is 0.897. The van der Waals surface area contributed by atoms with Gasteiger partial charge in [-0.3, -0.25) is 4.55 Å². The Balaban J connectivity index is 0.000000487. The molecular formula is C11H19NO3S. The van der Waals surface area contributed by atoms with E-state index in [-0.39, 0.29) is 4.90 Å². The van der Waals surface area contributed by atoms with Gasteiger partial charge in [-0.15, -0.1) is 0 Å². The van der Waals surface area contributed by atoms with E-state index in [9.17, 15) is 8.42 Å². The Morgan fingerprint density at radius 3 is 1.88 bits per heavy atom. The number of hydrogen-bond donors (Lipinski definition) is 2. The molecule has 0 amide bonds. The summed E-state index contributed by atoms with van der Waals surface area (Å²) < 4.78 is 29.8. The van der Waals surface area contributed by atoms with Gasteiger partial charge in [0, 0.05) is 0 Å². The first-order valence-corrected chi connectivity index (χ1v) is 6.53. The van der Waals surface area contributed by atoms with Gasteiger partial charge >= 0.3 is 0 Å². The van der Waals surface area contributed by atoms with Gasteiger partial charge in [-0.1, -0.05) is 32.9 Å². The molecule has 0 aliphatic heterocycles. The lowest BCUT2D eigenvalue weighted by Crippen LogP contribution is -2.06. The number of hydrogen-bond acceptors (Lipinski definition) is 3. The van der Waals surface area contributed by atoms with Crippen molar-refractivity contribution >= 4 is 10.1 Å². The van der Waals surface area contributed by atoms with Crippen LogP contribution in [0.1, 0.15) is 26.3 Å². The molecule has 0 aromatic heterocycles. The Bertz CT molecular complexity index is 393. The zero-order chi connectivity index (χ0) is 12.8. The van der Waals surface area contributed by atoms with Gasteiger partial charge in [0.1, 0.15) is 0 Å². The van der Waals surface area contributed by atoms with Crippen LogP contribution in [0.3, 0.4) is 0 Å². The van der Waals surface area contributed by atoms with Crippen molar-refractivity contribution < 1.29 is 13.0 Å². The van der Waals surface area contributed by atoms with Gasteiger partial charge in [-0.05, 0) is 30.2 Å². The lowest BCUT2D eigenvalue weighted by atomic mass is 10.2. The molecule has 0 atom stereocenters. The van der Waals surface area contributed by atoms with Crippen LogP contribution >= 0.6 is 0 Å². The molecule has 0 saturated carbocycles. The first-order valence-electron chi connectivity index (χ1n) is 5.09. The number of benzene rings is 1. The van der Waals surface area contributed by atoms with Crippen molar-refractivity contribution in [3.05, 3.63) is 29.8 Å². The predicted octanol–water partition coefficient (Wildman–Crippen LogP) is 1.85. The summed E-state index contributed by atoms with van der Waals surface area (Å²) in [5.74, 6) is 0. The summed E-state index contributed by atoms with van der Waals surface area (Å²) >= 11 is 0. The van der Waals surface area contributed by atoms with E-state index in [2.05, 4.69) is 0 Å². The van der Waals surface area contributed by atoms with Crippen LogP contribution in [-0.4, -0.2) is 19.0 Å². The summed E-state index contributed by atoms with van der Waals surface area (Å²) in [5.41, 5.74) is 6.15. The van der Waals surface area contributed by atoms with Crippen LogP contribution in [0.4, 0.5) is 0 Å². The molecule has 3 N–H and O–H groups in total. The molecule has 1 aromatic rings. The molecule has 0 radical (unpaired) electrons. The highest BCUT2D eigenvalue weighted by Crippen LogP contribution is 2.09. The Kier molecular flexibility index (Phi) is 6.25. The van der Waals surface area contributed by atoms with Crippen LogP contribution in [-0.2, 0) is 16.5 Å². The maximum Gasteiger partial charge on any atom is 0.294 e. The zero-order valence-corrected chi connectivity index (χ0v) is 10.7. The average molecular weight is 245 g/mol. The maximum atomic E-state index is 10.6. The monoisotopic (exact) mass is 245 g/mol. The number of nitrogens with two attached hydrogens (primary N) is 1. The molecule has 0 aliphatic carbocycles. The van der Waals surface area contributed by atoms with E-state index in [1.165, 1.54) is 12.1 Å². The first kappa shape index (κ1) is 15.1. The van der Waals surface area contributed by atoms with Crippen LogP contribution in [0, 0.1) is 0 Å². The fourth-order valence-corrected chi connectivity index (χ4v) is 1.38. The lowest BCUT2D eigenvalue weighted by Gasteiger charge is -1.97. The zero-order valence-electron chi connectivity index (χ0n) is 9.84. The molecule has 16 heavy (non-hydrogen) atoms. The average Bonchev–Trinajstić information content (AvgIpc) is 2.16. The van der Waals surface area contributed by atoms with Gasteiger partial charge in [0.25, 0.3) is 10.1 Å². The molecule has 1 rings (SSSR count). The van der Waals surface area contributed by atoms with E-state index in [1.807, 2.05) is 20.8 Å². The van der Waals surface area contributed by atoms with Gasteiger partial charge < -0.3 is 5.73 Å². The van der Waals surface area contributed by atoms with Gasteiger partial charge in [0.2, 0.25) is 0 Å². The minimum atomic E-state index is -4.03. The summed E-state index contributed by atoms with van der Waals surface area (Å²) in [6.07, 6.45) is 0.853. The molecule has 0 unspecified atom stereocenters. The first-order chi connectivity index (χ1) is 7.27. The fraction of sp³-hybridized carbons (Fsp3) is 0.455. The molecule has 1 aromatic carbocycles. The SMILES string of the molecule is CC(C)N.CCc1ccc(S(=O)(=O)O)cc1. The number of rotatable bonds is 2. The van der Waals surface area contributed by atoms with E-state index in [0.29, 0.717) is 6.04 Å². The molecule has 92 valence electrons. The highest BCUT2D eigenvalue weighted by atomic mass is 32.2. The molecule has 0 fully saturated rings. The predicted molar refractivity (Wildman–Crippen MR) is 65.0 cm³/mol. The van der Waals surface area contributed by atoms with E-state index < -0.39 is 10.1 Å². The van der Waals surface area contributed by atoms with Crippen molar-refractivity contribution in [3.8, 4) is 0 Å². The smallest absolute Gasteiger partial charge is 0.294 e. The van der Waals surface area contributed by atoms with Crippen molar-refractivity contribution in [3.63, 3.8) is 0 Å². The van der Waals surface area contributed by atoms with Gasteiger partial charge in [0.05, 0.1) is 4.90 Å². The third-order valence-electron chi connectivity index (χ3n) is 1.63. The minimum absolute atomic E-state index is 0.0558. The van der Waals surface area contributed by atoms with E-state index in [1.54, 1.807) is 12.1 Å². The standard InChI is InChI=1S/C8H10O3S.C3H9N/c1-2-7-3-5-8(6-4-7)12(9,10)11;1-3(2)4/h3-6H,2H2,1H3,(H,9,10,11);3H,4H2,1-2H3. The van der Waals surface area contributed by atoms with E-state index >= 15 is 0 Å². The summed E-state index contributed by atoms with van der Waals surface area (Å²) in [6, 6.07) is 6.49. The van der Waals surface area contributed by atoms with E-state index in [0.717, 1.165) is 12.0 Å². The van der Waals surface area contributed by atoms with Crippen molar-refractivity contribution in [2.24, 2.45) is 5.73 Å². The normalized spacial score (nSPS) is 10.9. The Morgan fingerprint density at radius 2 is 1.62 bits per heavy atom. The summed E-state index contributed by atoms with van der Waals surface area (Å²) in [5, 5.41) is 0. The van der Waals surface area contributed by atoms with Gasteiger partial charge in [0.15, 0.2) is 0 Å². The molecular weight excluding hydrogens is 226 g/mol. The maximum absolute atomic E-state index is 10.6.